The van der Waals surface area contributed by atoms with Gasteiger partial charge in [-0.25, -0.2) is 0 Å². The molecule has 0 atom stereocenters. The molecule has 0 aliphatic heterocycles. The summed E-state index contributed by atoms with van der Waals surface area (Å²) in [7, 11) is 7.87. The number of H-pyrrole nitrogens is 1. The van der Waals surface area contributed by atoms with Crippen molar-refractivity contribution in [3.8, 4) is 0 Å². The molecule has 0 unspecified atom stereocenters. The SMILES string of the molecule is Cc1[nH]nc2c1c(=O)n(CCCN=C(N(C)C)N(C)C)c1ccc(Cl)cc21. The second-order valence-electron chi connectivity index (χ2n) is 7.01. The van der Waals surface area contributed by atoms with Crippen LogP contribution >= 0.6 is 11.6 Å². The number of pyridine rings is 1. The van der Waals surface area contributed by atoms with Crippen molar-refractivity contribution in [3.05, 3.63) is 39.3 Å². The number of nitrogens with one attached hydrogen (secondary N) is 1. The van der Waals surface area contributed by atoms with Crippen LogP contribution in [0.25, 0.3) is 21.8 Å². The summed E-state index contributed by atoms with van der Waals surface area (Å²) < 4.78 is 1.80. The normalized spacial score (nSPS) is 11.2. The molecule has 0 bridgehead atoms. The zero-order valence-electron chi connectivity index (χ0n) is 16.4. The summed E-state index contributed by atoms with van der Waals surface area (Å²) in [5.74, 6) is 0.903. The van der Waals surface area contributed by atoms with Crippen LogP contribution in [0.2, 0.25) is 5.02 Å². The summed E-state index contributed by atoms with van der Waals surface area (Å²) in [5.41, 5.74) is 2.25. The molecule has 7 nitrogen and oxygen atoms in total. The Morgan fingerprint density at radius 2 is 1.96 bits per heavy atom. The van der Waals surface area contributed by atoms with E-state index in [0.717, 1.165) is 29.0 Å². The first kappa shape index (κ1) is 19.2. The van der Waals surface area contributed by atoms with Gasteiger partial charge in [-0.15, -0.1) is 0 Å². The van der Waals surface area contributed by atoms with Crippen LogP contribution in [-0.4, -0.2) is 65.3 Å². The van der Waals surface area contributed by atoms with Crippen LogP contribution in [0.15, 0.2) is 28.0 Å². The molecular weight excluding hydrogens is 364 g/mol. The molecule has 3 aromatic rings. The highest BCUT2D eigenvalue weighted by molar-refractivity contribution is 6.31. The van der Waals surface area contributed by atoms with Gasteiger partial charge < -0.3 is 14.4 Å². The molecule has 0 radical (unpaired) electrons. The second-order valence-corrected chi connectivity index (χ2v) is 7.45. The van der Waals surface area contributed by atoms with Crippen molar-refractivity contribution in [2.24, 2.45) is 4.99 Å². The van der Waals surface area contributed by atoms with Gasteiger partial charge in [0.2, 0.25) is 0 Å². The lowest BCUT2D eigenvalue weighted by atomic mass is 10.1. The molecule has 27 heavy (non-hydrogen) atoms. The summed E-state index contributed by atoms with van der Waals surface area (Å²) in [6, 6.07) is 5.56. The van der Waals surface area contributed by atoms with Crippen LogP contribution in [0, 0.1) is 6.92 Å². The lowest BCUT2D eigenvalue weighted by Gasteiger charge is -2.22. The van der Waals surface area contributed by atoms with Gasteiger partial charge in [-0.2, -0.15) is 5.10 Å². The van der Waals surface area contributed by atoms with Crippen LogP contribution in [-0.2, 0) is 6.54 Å². The van der Waals surface area contributed by atoms with E-state index >= 15 is 0 Å². The summed E-state index contributed by atoms with van der Waals surface area (Å²) in [4.78, 5) is 21.7. The van der Waals surface area contributed by atoms with Crippen LogP contribution in [0.3, 0.4) is 0 Å². The Balaban J connectivity index is 1.98. The topological polar surface area (TPSA) is 69.5 Å². The molecule has 144 valence electrons. The summed E-state index contributed by atoms with van der Waals surface area (Å²) >= 11 is 6.19. The Kier molecular flexibility index (Phi) is 5.41. The van der Waals surface area contributed by atoms with Crippen molar-refractivity contribution < 1.29 is 0 Å². The van der Waals surface area contributed by atoms with Gasteiger partial charge in [0, 0.05) is 57.4 Å². The molecular formula is C19H25ClN6O. The van der Waals surface area contributed by atoms with Gasteiger partial charge in [-0.05, 0) is 31.5 Å². The number of guanidine groups is 1. The summed E-state index contributed by atoms with van der Waals surface area (Å²) in [6.07, 6.45) is 0.755. The van der Waals surface area contributed by atoms with E-state index in [4.69, 9.17) is 11.6 Å². The third-order valence-corrected chi connectivity index (χ3v) is 4.74. The Labute approximate surface area is 163 Å². The number of hydrogen-bond acceptors (Lipinski definition) is 3. The van der Waals surface area contributed by atoms with Crippen molar-refractivity contribution >= 4 is 39.4 Å². The molecule has 2 aromatic heterocycles. The van der Waals surface area contributed by atoms with Crippen molar-refractivity contribution in [3.63, 3.8) is 0 Å². The monoisotopic (exact) mass is 388 g/mol. The predicted octanol–water partition coefficient (Wildman–Crippen LogP) is 2.71. The Bertz CT molecular complexity index is 1050. The van der Waals surface area contributed by atoms with Crippen molar-refractivity contribution in [2.75, 3.05) is 34.7 Å². The highest BCUT2D eigenvalue weighted by Gasteiger charge is 2.15. The molecule has 0 aliphatic carbocycles. The highest BCUT2D eigenvalue weighted by Crippen LogP contribution is 2.25. The minimum atomic E-state index is -0.0319. The number of aliphatic imine (C=N–C) groups is 1. The number of aryl methyl sites for hydroxylation is 2. The Morgan fingerprint density at radius 3 is 2.63 bits per heavy atom. The maximum atomic E-state index is 13.1. The van der Waals surface area contributed by atoms with Gasteiger partial charge >= 0.3 is 0 Å². The van der Waals surface area contributed by atoms with E-state index in [0.29, 0.717) is 29.0 Å². The maximum absolute atomic E-state index is 13.1. The van der Waals surface area contributed by atoms with Crippen molar-refractivity contribution in [2.45, 2.75) is 19.9 Å². The average molecular weight is 389 g/mol. The molecule has 3 rings (SSSR count). The van der Waals surface area contributed by atoms with Crippen LogP contribution in [0.5, 0.6) is 0 Å². The number of aromatic amines is 1. The summed E-state index contributed by atoms with van der Waals surface area (Å²) in [6.45, 7) is 3.08. The van der Waals surface area contributed by atoms with E-state index in [1.807, 2.05) is 57.0 Å². The fraction of sp³-hybridized carbons (Fsp3) is 0.421. The largest absolute Gasteiger partial charge is 0.349 e. The first-order valence-electron chi connectivity index (χ1n) is 8.87. The number of benzene rings is 1. The van der Waals surface area contributed by atoms with Crippen LogP contribution in [0.4, 0.5) is 0 Å². The minimum absolute atomic E-state index is 0.0319. The number of aromatic nitrogens is 3. The number of rotatable bonds is 4. The molecule has 2 heterocycles. The van der Waals surface area contributed by atoms with E-state index in [-0.39, 0.29) is 5.56 Å². The van der Waals surface area contributed by atoms with E-state index in [9.17, 15) is 4.79 Å². The molecule has 8 heteroatoms. The van der Waals surface area contributed by atoms with Crippen LogP contribution < -0.4 is 5.56 Å². The van der Waals surface area contributed by atoms with Crippen molar-refractivity contribution in [1.82, 2.24) is 24.6 Å². The van der Waals surface area contributed by atoms with Gasteiger partial charge in [-0.3, -0.25) is 14.9 Å². The second kappa shape index (κ2) is 7.60. The van der Waals surface area contributed by atoms with E-state index in [2.05, 4.69) is 15.2 Å². The van der Waals surface area contributed by atoms with Gasteiger partial charge in [0.25, 0.3) is 5.56 Å². The Morgan fingerprint density at radius 1 is 1.26 bits per heavy atom. The number of fused-ring (bicyclic) bond motifs is 3. The number of halogens is 1. The Hall–Kier alpha value is -2.54. The molecule has 1 aromatic carbocycles. The summed E-state index contributed by atoms with van der Waals surface area (Å²) in [5, 5.41) is 9.37. The smallest absolute Gasteiger partial charge is 0.262 e. The van der Waals surface area contributed by atoms with Gasteiger partial charge in [0.15, 0.2) is 5.96 Å². The molecule has 0 fully saturated rings. The lowest BCUT2D eigenvalue weighted by Crippen LogP contribution is -2.35. The standard InChI is InChI=1S/C19H25ClN6O/c1-12-16-17(23-22-12)14-11-13(20)7-8-15(14)26(18(16)27)10-6-9-21-19(24(2)3)25(4)5/h7-8,11H,6,9-10H2,1-5H3,(H,22,23). The minimum Gasteiger partial charge on any atom is -0.349 e. The lowest BCUT2D eigenvalue weighted by molar-refractivity contribution is 0.477. The van der Waals surface area contributed by atoms with Gasteiger partial charge in [0.1, 0.15) is 5.52 Å². The zero-order valence-corrected chi connectivity index (χ0v) is 17.1. The average Bonchev–Trinajstić information content (AvgIpc) is 2.99. The maximum Gasteiger partial charge on any atom is 0.262 e. The van der Waals surface area contributed by atoms with Gasteiger partial charge in [-0.1, -0.05) is 11.6 Å². The molecule has 0 amide bonds. The van der Waals surface area contributed by atoms with Crippen molar-refractivity contribution in [1.29, 1.82) is 0 Å². The molecule has 1 N–H and O–H groups in total. The molecule has 0 aliphatic rings. The fourth-order valence-corrected chi connectivity index (χ4v) is 3.55. The molecule has 0 spiro atoms. The third kappa shape index (κ3) is 3.64. The van der Waals surface area contributed by atoms with Gasteiger partial charge in [0.05, 0.1) is 10.9 Å². The van der Waals surface area contributed by atoms with E-state index in [1.54, 1.807) is 10.6 Å². The zero-order chi connectivity index (χ0) is 19.7. The number of hydrogen-bond donors (Lipinski definition) is 1. The third-order valence-electron chi connectivity index (χ3n) is 4.50. The highest BCUT2D eigenvalue weighted by atomic mass is 35.5. The van der Waals surface area contributed by atoms with Crippen LogP contribution in [0.1, 0.15) is 12.1 Å². The predicted molar refractivity (Wildman–Crippen MR) is 112 cm³/mol. The van der Waals surface area contributed by atoms with E-state index in [1.165, 1.54) is 0 Å². The first-order valence-corrected chi connectivity index (χ1v) is 9.25. The fourth-order valence-electron chi connectivity index (χ4n) is 3.38. The number of nitrogens with zero attached hydrogens (tertiary/aromatic N) is 5. The first-order chi connectivity index (χ1) is 12.8. The van der Waals surface area contributed by atoms with E-state index < -0.39 is 0 Å². The quantitative estimate of drug-likeness (QED) is 0.424. The molecule has 0 saturated carbocycles. The molecule has 0 saturated heterocycles.